The second-order valence-corrected chi connectivity index (χ2v) is 5.79. The lowest BCUT2D eigenvalue weighted by molar-refractivity contribution is 0.102. The van der Waals surface area contributed by atoms with Crippen molar-refractivity contribution < 1.29 is 9.53 Å². The molecule has 0 aliphatic rings. The van der Waals surface area contributed by atoms with Gasteiger partial charge < -0.3 is 4.74 Å². The van der Waals surface area contributed by atoms with Crippen molar-refractivity contribution in [1.82, 2.24) is 9.97 Å². The van der Waals surface area contributed by atoms with E-state index in [1.54, 1.807) is 7.11 Å². The summed E-state index contributed by atoms with van der Waals surface area (Å²) in [6.45, 7) is 3.71. The van der Waals surface area contributed by atoms with E-state index in [9.17, 15) is 4.79 Å². The van der Waals surface area contributed by atoms with Gasteiger partial charge in [-0.25, -0.2) is 4.98 Å². The number of amides is 1. The number of carbonyl (C=O) groups is 1. The van der Waals surface area contributed by atoms with E-state index in [4.69, 9.17) is 4.74 Å². The quantitative estimate of drug-likeness (QED) is 0.803. The van der Waals surface area contributed by atoms with E-state index < -0.39 is 0 Å². The van der Waals surface area contributed by atoms with Gasteiger partial charge in [0.1, 0.15) is 5.75 Å². The minimum absolute atomic E-state index is 0.197. The molecule has 1 N–H and O–H groups in total. The highest BCUT2D eigenvalue weighted by atomic mass is 32.1. The first-order chi connectivity index (χ1) is 10.6. The molecule has 0 spiro atoms. The highest BCUT2D eigenvalue weighted by Crippen LogP contribution is 2.23. The molecule has 6 heteroatoms. The molecule has 1 amide bonds. The number of carbonyl (C=O) groups excluding carboxylic acids is 1. The molecule has 0 saturated carbocycles. The normalized spacial score (nSPS) is 10.7. The number of nitrogens with zero attached hydrogens (tertiary/aromatic N) is 2. The Morgan fingerprint density at radius 2 is 2.05 bits per heavy atom. The minimum atomic E-state index is -0.197. The highest BCUT2D eigenvalue weighted by Gasteiger charge is 2.13. The molecule has 0 aliphatic carbocycles. The van der Waals surface area contributed by atoms with Crippen LogP contribution in [0.4, 0.5) is 5.13 Å². The predicted octanol–water partition coefficient (Wildman–Crippen LogP) is 3.57. The average Bonchev–Trinajstić information content (AvgIpc) is 2.90. The zero-order valence-electron chi connectivity index (χ0n) is 12.5. The third kappa shape index (κ3) is 2.78. The fraction of sp³-hybridized carbons (Fsp3) is 0.188. The number of thiazole rings is 1. The third-order valence-electron chi connectivity index (χ3n) is 3.30. The van der Waals surface area contributed by atoms with Crippen molar-refractivity contribution in [2.45, 2.75) is 13.8 Å². The van der Waals surface area contributed by atoms with E-state index in [1.807, 2.05) is 43.5 Å². The fourth-order valence-corrected chi connectivity index (χ4v) is 2.86. The molecule has 22 heavy (non-hydrogen) atoms. The number of hydrogen-bond donors (Lipinski definition) is 1. The summed E-state index contributed by atoms with van der Waals surface area (Å²) in [4.78, 5) is 21.1. The number of ether oxygens (including phenoxy) is 1. The van der Waals surface area contributed by atoms with E-state index in [0.717, 1.165) is 22.3 Å². The SMILES string of the molecule is COc1ccc2cc(C(=O)Nc3nc(C)cs3)c(C)nc2c1. The van der Waals surface area contributed by atoms with E-state index in [1.165, 1.54) is 11.3 Å². The summed E-state index contributed by atoms with van der Waals surface area (Å²) in [6, 6.07) is 7.44. The summed E-state index contributed by atoms with van der Waals surface area (Å²) in [6.07, 6.45) is 0. The van der Waals surface area contributed by atoms with Crippen LogP contribution in [0.3, 0.4) is 0 Å². The molecule has 112 valence electrons. The Kier molecular flexibility index (Phi) is 3.77. The number of aromatic nitrogens is 2. The van der Waals surface area contributed by atoms with Crippen molar-refractivity contribution in [1.29, 1.82) is 0 Å². The van der Waals surface area contributed by atoms with Gasteiger partial charge in [0.25, 0.3) is 5.91 Å². The molecule has 0 fully saturated rings. The molecule has 0 bridgehead atoms. The van der Waals surface area contributed by atoms with Gasteiger partial charge in [0.15, 0.2) is 5.13 Å². The maximum Gasteiger partial charge on any atom is 0.259 e. The zero-order chi connectivity index (χ0) is 15.7. The van der Waals surface area contributed by atoms with Crippen LogP contribution in [0.1, 0.15) is 21.7 Å². The highest BCUT2D eigenvalue weighted by molar-refractivity contribution is 7.13. The Bertz CT molecular complexity index is 858. The molecular formula is C16H15N3O2S. The summed E-state index contributed by atoms with van der Waals surface area (Å²) in [5.74, 6) is 0.548. The molecule has 0 aliphatic heterocycles. The summed E-state index contributed by atoms with van der Waals surface area (Å²) in [7, 11) is 1.62. The van der Waals surface area contributed by atoms with Crippen LogP contribution in [0.2, 0.25) is 0 Å². The molecule has 2 aromatic heterocycles. The van der Waals surface area contributed by atoms with Crippen molar-refractivity contribution in [2.24, 2.45) is 0 Å². The van der Waals surface area contributed by atoms with Gasteiger partial charge in [0.05, 0.1) is 29.6 Å². The molecule has 3 aromatic rings. The third-order valence-corrected chi connectivity index (χ3v) is 4.18. The average molecular weight is 313 g/mol. The molecule has 1 aromatic carbocycles. The molecule has 0 radical (unpaired) electrons. The van der Waals surface area contributed by atoms with E-state index in [2.05, 4.69) is 15.3 Å². The lowest BCUT2D eigenvalue weighted by Crippen LogP contribution is -2.14. The molecule has 0 unspecified atom stereocenters. The van der Waals surface area contributed by atoms with Crippen molar-refractivity contribution in [3.05, 3.63) is 46.6 Å². The van der Waals surface area contributed by atoms with Gasteiger partial charge in [-0.15, -0.1) is 11.3 Å². The van der Waals surface area contributed by atoms with Gasteiger partial charge in [0.2, 0.25) is 0 Å². The van der Waals surface area contributed by atoms with Crippen molar-refractivity contribution >= 4 is 33.3 Å². The van der Waals surface area contributed by atoms with E-state index in [-0.39, 0.29) is 5.91 Å². The smallest absolute Gasteiger partial charge is 0.259 e. The van der Waals surface area contributed by atoms with Gasteiger partial charge in [-0.2, -0.15) is 0 Å². The van der Waals surface area contributed by atoms with Crippen LogP contribution in [0.5, 0.6) is 5.75 Å². The number of methoxy groups -OCH3 is 1. The standard InChI is InChI=1S/C16H15N3O2S/c1-9-8-22-16(17-9)19-15(20)13-6-11-4-5-12(21-3)7-14(11)18-10(13)2/h4-8H,1-3H3,(H,17,19,20). The predicted molar refractivity (Wildman–Crippen MR) is 87.8 cm³/mol. The number of fused-ring (bicyclic) bond motifs is 1. The van der Waals surface area contributed by atoms with Crippen LogP contribution in [-0.2, 0) is 0 Å². The van der Waals surface area contributed by atoms with E-state index in [0.29, 0.717) is 16.4 Å². The van der Waals surface area contributed by atoms with Crippen molar-refractivity contribution in [3.63, 3.8) is 0 Å². The topological polar surface area (TPSA) is 64.1 Å². The number of pyridine rings is 1. The Hall–Kier alpha value is -2.47. The van der Waals surface area contributed by atoms with Crippen LogP contribution < -0.4 is 10.1 Å². The number of benzene rings is 1. The Morgan fingerprint density at radius 3 is 2.73 bits per heavy atom. The maximum atomic E-state index is 12.4. The molecule has 3 rings (SSSR count). The van der Waals surface area contributed by atoms with Gasteiger partial charge in [-0.3, -0.25) is 15.1 Å². The number of nitrogens with one attached hydrogen (secondary N) is 1. The van der Waals surface area contributed by atoms with Gasteiger partial charge in [0, 0.05) is 16.8 Å². The monoisotopic (exact) mass is 313 g/mol. The van der Waals surface area contributed by atoms with Gasteiger partial charge in [-0.05, 0) is 32.0 Å². The summed E-state index contributed by atoms with van der Waals surface area (Å²) < 4.78 is 5.19. The van der Waals surface area contributed by atoms with Crippen molar-refractivity contribution in [3.8, 4) is 5.75 Å². The van der Waals surface area contributed by atoms with Crippen LogP contribution in [0.25, 0.3) is 10.9 Å². The first kappa shape index (κ1) is 14.5. The summed E-state index contributed by atoms with van der Waals surface area (Å²) >= 11 is 1.41. The number of anilines is 1. The van der Waals surface area contributed by atoms with Gasteiger partial charge >= 0.3 is 0 Å². The van der Waals surface area contributed by atoms with E-state index >= 15 is 0 Å². The number of hydrogen-bond acceptors (Lipinski definition) is 5. The first-order valence-corrected chi connectivity index (χ1v) is 7.63. The second kappa shape index (κ2) is 5.73. The Labute approximate surface area is 132 Å². The van der Waals surface area contributed by atoms with Crippen molar-refractivity contribution in [2.75, 3.05) is 12.4 Å². The largest absolute Gasteiger partial charge is 0.497 e. The summed E-state index contributed by atoms with van der Waals surface area (Å²) in [5.41, 5.74) is 2.91. The minimum Gasteiger partial charge on any atom is -0.497 e. The first-order valence-electron chi connectivity index (χ1n) is 6.75. The molecule has 2 heterocycles. The number of aryl methyl sites for hydroxylation is 2. The molecular weight excluding hydrogens is 298 g/mol. The second-order valence-electron chi connectivity index (χ2n) is 4.93. The molecule has 5 nitrogen and oxygen atoms in total. The number of rotatable bonds is 3. The molecule has 0 saturated heterocycles. The van der Waals surface area contributed by atoms with Gasteiger partial charge in [-0.1, -0.05) is 0 Å². The van der Waals surface area contributed by atoms with Crippen LogP contribution >= 0.6 is 11.3 Å². The zero-order valence-corrected chi connectivity index (χ0v) is 13.3. The fourth-order valence-electron chi connectivity index (χ4n) is 2.18. The Morgan fingerprint density at radius 1 is 1.23 bits per heavy atom. The molecule has 0 atom stereocenters. The lowest BCUT2D eigenvalue weighted by Gasteiger charge is -2.08. The Balaban J connectivity index is 1.96. The lowest BCUT2D eigenvalue weighted by atomic mass is 10.1. The van der Waals surface area contributed by atoms with Crippen LogP contribution in [-0.4, -0.2) is 23.0 Å². The van der Waals surface area contributed by atoms with Crippen LogP contribution in [0.15, 0.2) is 29.6 Å². The maximum absolute atomic E-state index is 12.4. The summed E-state index contributed by atoms with van der Waals surface area (Å²) in [5, 5.41) is 6.20. The van der Waals surface area contributed by atoms with Crippen LogP contribution in [0, 0.1) is 13.8 Å².